The monoisotopic (exact) mass is 342 g/mol. The first-order chi connectivity index (χ1) is 9.29. The zero-order valence-electron chi connectivity index (χ0n) is 10.6. The Kier molecular flexibility index (Phi) is 6.33. The number of halogens is 7. The normalized spacial score (nSPS) is 14.7. The summed E-state index contributed by atoms with van der Waals surface area (Å²) in [4.78, 5) is 21.6. The molecule has 0 bridgehead atoms. The number of carbonyl (C=O) groups excluding carboxylic acids is 2. The molecule has 0 aromatic rings. The highest BCUT2D eigenvalue weighted by Gasteiger charge is 2.74. The minimum atomic E-state index is -6.20. The summed E-state index contributed by atoms with van der Waals surface area (Å²) in [6, 6.07) is -2.01. The number of rotatable bonds is 8. The van der Waals surface area contributed by atoms with Gasteiger partial charge in [-0.25, -0.2) is 0 Å². The molecule has 0 spiro atoms. The van der Waals surface area contributed by atoms with Crippen molar-refractivity contribution in [3.63, 3.8) is 0 Å². The van der Waals surface area contributed by atoms with Gasteiger partial charge in [-0.2, -0.15) is 26.3 Å². The van der Waals surface area contributed by atoms with Crippen molar-refractivity contribution in [3.8, 4) is 0 Å². The summed E-state index contributed by atoms with van der Waals surface area (Å²) in [6.07, 6.45) is 0.169. The van der Waals surface area contributed by atoms with Gasteiger partial charge in [-0.3, -0.25) is 4.79 Å². The molecule has 21 heavy (non-hydrogen) atoms. The molecule has 0 aromatic heterocycles. The largest absolute Gasteiger partial charge is 0.548 e. The second-order valence-corrected chi connectivity index (χ2v) is 4.61. The zero-order valence-corrected chi connectivity index (χ0v) is 11.3. The Bertz CT molecular complexity index is 399. The van der Waals surface area contributed by atoms with E-state index in [-0.39, 0.29) is 12.8 Å². The van der Waals surface area contributed by atoms with Gasteiger partial charge >= 0.3 is 17.2 Å². The van der Waals surface area contributed by atoms with E-state index in [0.29, 0.717) is 6.42 Å². The third-order valence-corrected chi connectivity index (χ3v) is 2.71. The summed E-state index contributed by atoms with van der Waals surface area (Å²) in [5, 5.41) is 5.93. The zero-order chi connectivity index (χ0) is 17.1. The summed E-state index contributed by atoms with van der Waals surface area (Å²) < 4.78 is 76.4. The summed E-state index contributed by atoms with van der Waals surface area (Å²) in [6.45, 7) is 1.60. The Labute approximate surface area is 120 Å². The van der Waals surface area contributed by atoms with Gasteiger partial charge in [-0.1, -0.05) is 19.8 Å². The molecular formula is C10H11ClF6NO3-. The average Bonchev–Trinajstić information content (AvgIpc) is 2.31. The van der Waals surface area contributed by atoms with Crippen LogP contribution in [-0.4, -0.2) is 35.1 Å². The number of hydrogen-bond donors (Lipinski definition) is 1. The predicted molar refractivity (Wildman–Crippen MR) is 57.2 cm³/mol. The van der Waals surface area contributed by atoms with Crippen LogP contribution in [0.5, 0.6) is 0 Å². The Morgan fingerprint density at radius 1 is 1.19 bits per heavy atom. The van der Waals surface area contributed by atoms with E-state index < -0.39 is 35.1 Å². The first kappa shape index (κ1) is 19.8. The quantitative estimate of drug-likeness (QED) is 0.537. The highest BCUT2D eigenvalue weighted by molar-refractivity contribution is 6.22. The topological polar surface area (TPSA) is 69.2 Å². The smallest absolute Gasteiger partial charge is 0.395 e. The highest BCUT2D eigenvalue weighted by Crippen LogP contribution is 2.47. The fourth-order valence-corrected chi connectivity index (χ4v) is 1.35. The molecule has 1 atom stereocenters. The SMILES string of the molecule is CCCC[C@@H](NC(=O)C(F)(F)C(F)(F)C(F)(F)Cl)C(=O)[O-]. The molecule has 0 rings (SSSR count). The van der Waals surface area contributed by atoms with Gasteiger partial charge in [0.2, 0.25) is 0 Å². The molecule has 0 aromatic carbocycles. The van der Waals surface area contributed by atoms with Crippen LogP contribution in [0.2, 0.25) is 0 Å². The molecule has 0 aliphatic rings. The standard InChI is InChI=1S/C10H12ClF6NO3/c1-2-3-4-5(6(19)20)18-7(21)8(12,13)9(14,15)10(11,16)17/h5H,2-4H2,1H3,(H,18,21)(H,19,20)/p-1/t5-/m1/s1. The van der Waals surface area contributed by atoms with Gasteiger partial charge in [0, 0.05) is 0 Å². The van der Waals surface area contributed by atoms with Crippen LogP contribution in [0.15, 0.2) is 0 Å². The Morgan fingerprint density at radius 2 is 1.67 bits per heavy atom. The van der Waals surface area contributed by atoms with Crippen LogP contribution >= 0.6 is 11.6 Å². The lowest BCUT2D eigenvalue weighted by Crippen LogP contribution is -2.62. The lowest BCUT2D eigenvalue weighted by molar-refractivity contribution is -0.309. The number of carbonyl (C=O) groups is 2. The van der Waals surface area contributed by atoms with Crippen molar-refractivity contribution in [1.29, 1.82) is 0 Å². The number of alkyl halides is 7. The van der Waals surface area contributed by atoms with E-state index >= 15 is 0 Å². The van der Waals surface area contributed by atoms with Crippen molar-refractivity contribution >= 4 is 23.5 Å². The number of amides is 1. The third-order valence-electron chi connectivity index (χ3n) is 2.47. The van der Waals surface area contributed by atoms with E-state index in [2.05, 4.69) is 11.6 Å². The van der Waals surface area contributed by atoms with Crippen molar-refractivity contribution in [2.24, 2.45) is 0 Å². The summed E-state index contributed by atoms with van der Waals surface area (Å²) >= 11 is 3.86. The number of carboxylic acid groups (broad SMARTS) is 1. The van der Waals surface area contributed by atoms with Gasteiger partial charge in [0.25, 0.3) is 5.91 Å². The first-order valence-corrected chi connectivity index (χ1v) is 6.01. The van der Waals surface area contributed by atoms with Gasteiger partial charge in [-0.05, 0) is 18.0 Å². The number of nitrogens with one attached hydrogen (secondary N) is 1. The van der Waals surface area contributed by atoms with Crippen LogP contribution in [0.3, 0.4) is 0 Å². The minimum absolute atomic E-state index is 0.145. The molecule has 4 nitrogen and oxygen atoms in total. The molecule has 0 radical (unpaired) electrons. The van der Waals surface area contributed by atoms with E-state index in [0.717, 1.165) is 5.32 Å². The molecule has 1 N–H and O–H groups in total. The number of aliphatic carboxylic acids is 1. The van der Waals surface area contributed by atoms with Gasteiger partial charge in [0.05, 0.1) is 12.0 Å². The van der Waals surface area contributed by atoms with Crippen LogP contribution in [0.25, 0.3) is 0 Å². The van der Waals surface area contributed by atoms with Gasteiger partial charge < -0.3 is 15.2 Å². The molecule has 0 saturated carbocycles. The van der Waals surface area contributed by atoms with Crippen LogP contribution in [0.4, 0.5) is 26.3 Å². The highest BCUT2D eigenvalue weighted by atomic mass is 35.5. The van der Waals surface area contributed by atoms with Crippen molar-refractivity contribution in [2.75, 3.05) is 0 Å². The second kappa shape index (κ2) is 6.71. The van der Waals surface area contributed by atoms with Crippen LogP contribution in [-0.2, 0) is 9.59 Å². The molecular weight excluding hydrogens is 332 g/mol. The van der Waals surface area contributed by atoms with Crippen molar-refractivity contribution in [1.82, 2.24) is 5.32 Å². The summed E-state index contributed by atoms with van der Waals surface area (Å²) in [5.74, 6) is -17.0. The third kappa shape index (κ3) is 4.39. The molecule has 11 heteroatoms. The van der Waals surface area contributed by atoms with E-state index in [1.807, 2.05) is 0 Å². The van der Waals surface area contributed by atoms with Crippen LogP contribution < -0.4 is 10.4 Å². The number of carboxylic acids is 1. The molecule has 124 valence electrons. The number of hydrogen-bond acceptors (Lipinski definition) is 3. The van der Waals surface area contributed by atoms with E-state index in [4.69, 9.17) is 0 Å². The molecule has 0 fully saturated rings. The molecule has 0 unspecified atom stereocenters. The van der Waals surface area contributed by atoms with Crippen molar-refractivity contribution in [3.05, 3.63) is 0 Å². The van der Waals surface area contributed by atoms with E-state index in [1.54, 1.807) is 6.92 Å². The van der Waals surface area contributed by atoms with Crippen LogP contribution in [0.1, 0.15) is 26.2 Å². The van der Waals surface area contributed by atoms with Gasteiger partial charge in [0.1, 0.15) is 0 Å². The molecule has 1 amide bonds. The molecule has 0 aliphatic carbocycles. The maximum absolute atomic E-state index is 13.1. The minimum Gasteiger partial charge on any atom is -0.548 e. The first-order valence-electron chi connectivity index (χ1n) is 5.63. The lowest BCUT2D eigenvalue weighted by atomic mass is 10.1. The summed E-state index contributed by atoms with van der Waals surface area (Å²) in [7, 11) is 0. The maximum Gasteiger partial charge on any atom is 0.395 e. The summed E-state index contributed by atoms with van der Waals surface area (Å²) in [5.41, 5.74) is 0. The van der Waals surface area contributed by atoms with Crippen molar-refractivity contribution < 1.29 is 41.0 Å². The second-order valence-electron chi connectivity index (χ2n) is 4.13. The maximum atomic E-state index is 13.1. The molecule has 0 heterocycles. The van der Waals surface area contributed by atoms with E-state index in [1.165, 1.54) is 0 Å². The van der Waals surface area contributed by atoms with E-state index in [9.17, 15) is 41.0 Å². The van der Waals surface area contributed by atoms with Gasteiger partial charge in [0.15, 0.2) is 0 Å². The molecule has 0 saturated heterocycles. The fraction of sp³-hybridized carbons (Fsp3) is 0.800. The predicted octanol–water partition coefficient (Wildman–Crippen LogP) is 1.51. The Hall–Kier alpha value is -1.19. The van der Waals surface area contributed by atoms with Crippen molar-refractivity contribution in [2.45, 2.75) is 49.5 Å². The van der Waals surface area contributed by atoms with Crippen LogP contribution in [0, 0.1) is 0 Å². The number of unbranched alkanes of at least 4 members (excludes halogenated alkanes) is 1. The molecule has 0 aliphatic heterocycles. The Morgan fingerprint density at radius 3 is 2.00 bits per heavy atom. The Balaban J connectivity index is 5.17. The average molecular weight is 343 g/mol. The van der Waals surface area contributed by atoms with Gasteiger partial charge in [-0.15, -0.1) is 0 Å². The lowest BCUT2D eigenvalue weighted by Gasteiger charge is -2.30. The fourth-order valence-electron chi connectivity index (χ4n) is 1.23.